The summed E-state index contributed by atoms with van der Waals surface area (Å²) in [6.45, 7) is 10.5. The van der Waals surface area contributed by atoms with Crippen molar-refractivity contribution in [3.8, 4) is 11.8 Å². The molecule has 0 unspecified atom stereocenters. The van der Waals surface area contributed by atoms with Crippen molar-refractivity contribution in [2.45, 2.75) is 78.2 Å². The number of hydrogen-bond donors (Lipinski definition) is 2. The Bertz CT molecular complexity index is 1560. The number of methoxy groups -OCH3 is 1. The zero-order chi connectivity index (χ0) is 35.3. The zero-order valence-electron chi connectivity index (χ0n) is 28.9. The van der Waals surface area contributed by atoms with Crippen LogP contribution in [0.2, 0.25) is 0 Å². The van der Waals surface area contributed by atoms with E-state index in [0.29, 0.717) is 18.8 Å². The van der Waals surface area contributed by atoms with Crippen LogP contribution in [0.15, 0.2) is 72.8 Å². The summed E-state index contributed by atoms with van der Waals surface area (Å²) < 4.78 is 10.9. The standard InChI is InChI=1S/C38H48N4O6/c1-7-17-41(18-8-2)36(45)31-20-29(24-39)19-30(23-31)35(44)40-33(22-27-13-10-9-11-14-27)34(43)25-42(38(3,4)5)37(46)48-26-28-15-12-16-32(21-28)47-6/h9-16,19-21,23,33-34,43H,7-8,17-18,22,25-26H2,1-6H3,(H,40,44)/t33-,34+/m0/s1. The van der Waals surface area contributed by atoms with Crippen molar-refractivity contribution in [3.63, 3.8) is 0 Å². The number of ether oxygens (including phenoxy) is 2. The molecular formula is C38H48N4O6. The third kappa shape index (κ3) is 10.8. The van der Waals surface area contributed by atoms with Gasteiger partial charge in [-0.2, -0.15) is 5.26 Å². The van der Waals surface area contributed by atoms with Crippen LogP contribution >= 0.6 is 0 Å². The van der Waals surface area contributed by atoms with E-state index in [0.717, 1.165) is 24.0 Å². The molecule has 0 radical (unpaired) electrons. The topological polar surface area (TPSA) is 132 Å². The number of aliphatic hydroxyl groups is 1. The fourth-order valence-corrected chi connectivity index (χ4v) is 5.31. The highest BCUT2D eigenvalue weighted by Crippen LogP contribution is 2.20. The maximum atomic E-state index is 13.8. The number of benzene rings is 3. The van der Waals surface area contributed by atoms with Crippen LogP contribution in [0.25, 0.3) is 0 Å². The Hall–Kier alpha value is -4.88. The molecule has 0 aliphatic heterocycles. The number of aliphatic hydroxyl groups excluding tert-OH is 1. The van der Waals surface area contributed by atoms with E-state index in [1.165, 1.54) is 23.1 Å². The van der Waals surface area contributed by atoms with E-state index in [-0.39, 0.29) is 42.2 Å². The minimum absolute atomic E-state index is 0.00706. The van der Waals surface area contributed by atoms with Gasteiger partial charge < -0.3 is 29.7 Å². The first kappa shape index (κ1) is 37.6. The lowest BCUT2D eigenvalue weighted by atomic mass is 9.98. The van der Waals surface area contributed by atoms with Crippen LogP contribution in [-0.4, -0.2) is 77.2 Å². The lowest BCUT2D eigenvalue weighted by Crippen LogP contribution is -2.55. The summed E-state index contributed by atoms with van der Waals surface area (Å²) in [4.78, 5) is 43.7. The molecule has 0 saturated carbocycles. The molecule has 0 heterocycles. The minimum Gasteiger partial charge on any atom is -0.497 e. The third-order valence-corrected chi connectivity index (χ3v) is 7.82. The highest BCUT2D eigenvalue weighted by atomic mass is 16.6. The van der Waals surface area contributed by atoms with Crippen LogP contribution in [0.3, 0.4) is 0 Å². The predicted molar refractivity (Wildman–Crippen MR) is 185 cm³/mol. The second-order valence-corrected chi connectivity index (χ2v) is 12.7. The average molecular weight is 657 g/mol. The molecule has 3 rings (SSSR count). The maximum absolute atomic E-state index is 13.8. The van der Waals surface area contributed by atoms with E-state index in [9.17, 15) is 24.8 Å². The van der Waals surface area contributed by atoms with Gasteiger partial charge in [-0.1, -0.05) is 56.3 Å². The number of hydrogen-bond acceptors (Lipinski definition) is 7. The highest BCUT2D eigenvalue weighted by Gasteiger charge is 2.33. The number of nitrogens with zero attached hydrogens (tertiary/aromatic N) is 3. The van der Waals surface area contributed by atoms with Crippen molar-refractivity contribution in [1.29, 1.82) is 5.26 Å². The molecule has 0 aromatic heterocycles. The number of nitrogens with one attached hydrogen (secondary N) is 1. The fraction of sp³-hybridized carbons (Fsp3) is 0.421. The first-order chi connectivity index (χ1) is 22.9. The smallest absolute Gasteiger partial charge is 0.410 e. The Labute approximate surface area is 284 Å². The van der Waals surface area contributed by atoms with Crippen molar-refractivity contribution in [2.75, 3.05) is 26.7 Å². The zero-order valence-corrected chi connectivity index (χ0v) is 28.9. The van der Waals surface area contributed by atoms with Crippen molar-refractivity contribution in [3.05, 3.63) is 101 Å². The van der Waals surface area contributed by atoms with Crippen LogP contribution in [0.1, 0.15) is 84.9 Å². The summed E-state index contributed by atoms with van der Waals surface area (Å²) in [5, 5.41) is 24.3. The molecule has 3 amide bonds. The molecule has 10 nitrogen and oxygen atoms in total. The van der Waals surface area contributed by atoms with Gasteiger partial charge in [0.1, 0.15) is 12.4 Å². The van der Waals surface area contributed by atoms with Gasteiger partial charge in [-0.25, -0.2) is 4.79 Å². The van der Waals surface area contributed by atoms with Crippen LogP contribution in [0, 0.1) is 11.3 Å². The lowest BCUT2D eigenvalue weighted by Gasteiger charge is -2.38. The fourth-order valence-electron chi connectivity index (χ4n) is 5.31. The van der Waals surface area contributed by atoms with E-state index in [1.807, 2.05) is 77.1 Å². The minimum atomic E-state index is -1.21. The van der Waals surface area contributed by atoms with Gasteiger partial charge >= 0.3 is 6.09 Å². The molecule has 0 spiro atoms. The molecule has 2 atom stereocenters. The van der Waals surface area contributed by atoms with E-state index < -0.39 is 29.7 Å². The summed E-state index contributed by atoms with van der Waals surface area (Å²) >= 11 is 0. The van der Waals surface area contributed by atoms with E-state index >= 15 is 0 Å². The summed E-state index contributed by atoms with van der Waals surface area (Å²) in [5.41, 5.74) is 1.43. The highest BCUT2D eigenvalue weighted by molar-refractivity contribution is 6.00. The van der Waals surface area contributed by atoms with E-state index in [1.54, 1.807) is 24.1 Å². The summed E-state index contributed by atoms with van der Waals surface area (Å²) in [7, 11) is 1.56. The first-order valence-corrected chi connectivity index (χ1v) is 16.3. The Morgan fingerprint density at radius 1 is 0.917 bits per heavy atom. The van der Waals surface area contributed by atoms with Crippen molar-refractivity contribution >= 4 is 17.9 Å². The van der Waals surface area contributed by atoms with Crippen LogP contribution in [0.5, 0.6) is 5.75 Å². The normalized spacial score (nSPS) is 12.3. The molecule has 3 aromatic carbocycles. The van der Waals surface area contributed by atoms with Gasteiger partial charge in [-0.3, -0.25) is 9.59 Å². The van der Waals surface area contributed by atoms with Gasteiger partial charge in [0.15, 0.2) is 0 Å². The quantitative estimate of drug-likeness (QED) is 0.206. The number of β-amino-alcohol motifs (C(OH)–C–C–N with tert-alkyl or cyclic N) is 1. The molecular weight excluding hydrogens is 608 g/mol. The van der Waals surface area contributed by atoms with Crippen molar-refractivity contribution < 1.29 is 29.0 Å². The lowest BCUT2D eigenvalue weighted by molar-refractivity contribution is 0.0224. The van der Waals surface area contributed by atoms with Gasteiger partial charge in [0.2, 0.25) is 0 Å². The second kappa shape index (κ2) is 17.9. The van der Waals surface area contributed by atoms with Crippen molar-refractivity contribution in [2.24, 2.45) is 0 Å². The monoisotopic (exact) mass is 656 g/mol. The van der Waals surface area contributed by atoms with Crippen LogP contribution in [-0.2, 0) is 17.8 Å². The number of carbonyl (C=O) groups excluding carboxylic acids is 3. The van der Waals surface area contributed by atoms with Gasteiger partial charge in [0.05, 0.1) is 37.4 Å². The molecule has 48 heavy (non-hydrogen) atoms. The Morgan fingerprint density at radius 3 is 2.17 bits per heavy atom. The first-order valence-electron chi connectivity index (χ1n) is 16.3. The average Bonchev–Trinajstić information content (AvgIpc) is 3.08. The van der Waals surface area contributed by atoms with Gasteiger partial charge in [0, 0.05) is 29.8 Å². The SMILES string of the molecule is CCCN(CCC)C(=O)c1cc(C#N)cc(C(=O)N[C@@H](Cc2ccccc2)[C@H](O)CN(C(=O)OCc2cccc(OC)c2)C(C)(C)C)c1. The van der Waals surface area contributed by atoms with Crippen LogP contribution < -0.4 is 10.1 Å². The molecule has 2 N–H and O–H groups in total. The van der Waals surface area contributed by atoms with E-state index in [2.05, 4.69) is 11.4 Å². The Balaban J connectivity index is 1.87. The molecule has 0 aliphatic rings. The number of nitriles is 1. The molecule has 0 fully saturated rings. The summed E-state index contributed by atoms with van der Waals surface area (Å²) in [6.07, 6.45) is -0.0213. The molecule has 3 aromatic rings. The Kier molecular flexibility index (Phi) is 14.0. The summed E-state index contributed by atoms with van der Waals surface area (Å²) in [5.74, 6) is -0.164. The second-order valence-electron chi connectivity index (χ2n) is 12.7. The molecule has 0 saturated heterocycles. The number of carbonyl (C=O) groups is 3. The van der Waals surface area contributed by atoms with Gasteiger partial charge in [-0.15, -0.1) is 0 Å². The van der Waals surface area contributed by atoms with E-state index in [4.69, 9.17) is 9.47 Å². The predicted octanol–water partition coefficient (Wildman–Crippen LogP) is 5.97. The maximum Gasteiger partial charge on any atom is 0.410 e. The summed E-state index contributed by atoms with van der Waals surface area (Å²) in [6, 6.07) is 22.2. The molecule has 0 bridgehead atoms. The number of amides is 3. The van der Waals surface area contributed by atoms with Gasteiger partial charge in [0.25, 0.3) is 11.8 Å². The van der Waals surface area contributed by atoms with Crippen LogP contribution in [0.4, 0.5) is 4.79 Å². The number of rotatable bonds is 15. The molecule has 10 heteroatoms. The third-order valence-electron chi connectivity index (χ3n) is 7.82. The Morgan fingerprint density at radius 2 is 1.56 bits per heavy atom. The van der Waals surface area contributed by atoms with Gasteiger partial charge in [-0.05, 0) is 81.5 Å². The largest absolute Gasteiger partial charge is 0.497 e. The molecule has 256 valence electrons. The molecule has 0 aliphatic carbocycles. The van der Waals surface area contributed by atoms with Crippen molar-refractivity contribution in [1.82, 2.24) is 15.1 Å².